The van der Waals surface area contributed by atoms with Crippen LogP contribution in [0.4, 0.5) is 4.39 Å². The van der Waals surface area contributed by atoms with Crippen LogP contribution in [0.1, 0.15) is 22.7 Å². The highest BCUT2D eigenvalue weighted by molar-refractivity contribution is 6.30. The van der Waals surface area contributed by atoms with E-state index in [9.17, 15) is 4.39 Å². The van der Waals surface area contributed by atoms with Gasteiger partial charge >= 0.3 is 0 Å². The van der Waals surface area contributed by atoms with Crippen LogP contribution in [-0.4, -0.2) is 12.0 Å². The smallest absolute Gasteiger partial charge is 0.145 e. The molecule has 100 valence electrons. The molecule has 0 bridgehead atoms. The van der Waals surface area contributed by atoms with Gasteiger partial charge in [0.05, 0.1) is 5.02 Å². The zero-order valence-electron chi connectivity index (χ0n) is 11.0. The molecule has 0 amide bonds. The van der Waals surface area contributed by atoms with E-state index in [1.807, 2.05) is 14.0 Å². The van der Waals surface area contributed by atoms with Gasteiger partial charge in [0.1, 0.15) is 5.82 Å². The average molecular weight is 279 g/mol. The number of halogens is 2. The van der Waals surface area contributed by atoms with Crippen molar-refractivity contribution in [2.24, 2.45) is 0 Å². The first kappa shape index (κ1) is 14.0. The number of pyridine rings is 1. The third-order valence-corrected chi connectivity index (χ3v) is 3.39. The lowest BCUT2D eigenvalue weighted by Gasteiger charge is -2.17. The molecule has 0 aliphatic carbocycles. The fourth-order valence-corrected chi connectivity index (χ4v) is 2.28. The lowest BCUT2D eigenvalue weighted by Crippen LogP contribution is -2.19. The maximum Gasteiger partial charge on any atom is 0.145 e. The van der Waals surface area contributed by atoms with Crippen molar-refractivity contribution in [3.8, 4) is 0 Å². The Morgan fingerprint density at radius 2 is 2.16 bits per heavy atom. The zero-order valence-corrected chi connectivity index (χ0v) is 11.7. The summed E-state index contributed by atoms with van der Waals surface area (Å²) in [5.41, 5.74) is 2.74. The first-order valence-corrected chi connectivity index (χ1v) is 6.51. The SMILES string of the molecule is CNC(Cc1cccc(Cl)c1F)c1cncc(C)c1. The maximum absolute atomic E-state index is 13.9. The molecule has 0 aliphatic rings. The van der Waals surface area contributed by atoms with Crippen LogP contribution in [0, 0.1) is 12.7 Å². The number of benzene rings is 1. The van der Waals surface area contributed by atoms with E-state index in [0.717, 1.165) is 11.1 Å². The summed E-state index contributed by atoms with van der Waals surface area (Å²) in [5, 5.41) is 3.35. The molecule has 19 heavy (non-hydrogen) atoms. The summed E-state index contributed by atoms with van der Waals surface area (Å²) < 4.78 is 13.9. The van der Waals surface area contributed by atoms with Crippen LogP contribution in [0.15, 0.2) is 36.7 Å². The summed E-state index contributed by atoms with van der Waals surface area (Å²) in [6.45, 7) is 1.99. The number of likely N-dealkylation sites (N-methyl/N-ethyl adjacent to an activating group) is 1. The molecule has 1 aromatic carbocycles. The first-order chi connectivity index (χ1) is 9.11. The zero-order chi connectivity index (χ0) is 13.8. The molecule has 0 fully saturated rings. The van der Waals surface area contributed by atoms with E-state index in [4.69, 9.17) is 11.6 Å². The number of aryl methyl sites for hydroxylation is 1. The van der Waals surface area contributed by atoms with E-state index in [0.29, 0.717) is 12.0 Å². The predicted molar refractivity (Wildman–Crippen MR) is 75.9 cm³/mol. The van der Waals surface area contributed by atoms with E-state index >= 15 is 0 Å². The summed E-state index contributed by atoms with van der Waals surface area (Å²) in [5.74, 6) is -0.343. The molecule has 1 heterocycles. The molecule has 2 rings (SSSR count). The Balaban J connectivity index is 2.26. The number of hydrogen-bond donors (Lipinski definition) is 1. The second-order valence-corrected chi connectivity index (χ2v) is 4.96. The van der Waals surface area contributed by atoms with Crippen LogP contribution in [0.5, 0.6) is 0 Å². The van der Waals surface area contributed by atoms with E-state index in [-0.39, 0.29) is 16.9 Å². The van der Waals surface area contributed by atoms with Crippen molar-refractivity contribution >= 4 is 11.6 Å². The van der Waals surface area contributed by atoms with Crippen molar-refractivity contribution in [1.82, 2.24) is 10.3 Å². The predicted octanol–water partition coefficient (Wildman–Crippen LogP) is 3.69. The molecule has 2 nitrogen and oxygen atoms in total. The van der Waals surface area contributed by atoms with Crippen LogP contribution in [-0.2, 0) is 6.42 Å². The largest absolute Gasteiger partial charge is 0.313 e. The molecule has 0 saturated heterocycles. The fourth-order valence-electron chi connectivity index (χ4n) is 2.08. The summed E-state index contributed by atoms with van der Waals surface area (Å²) in [6, 6.07) is 7.15. The molecule has 0 radical (unpaired) electrons. The standard InChI is InChI=1S/C15H16ClFN2/c1-10-6-12(9-19-8-10)14(18-2)7-11-4-3-5-13(16)15(11)17/h3-6,8-9,14,18H,7H2,1-2H3. The minimum Gasteiger partial charge on any atom is -0.313 e. The van der Waals surface area contributed by atoms with Gasteiger partial charge in [-0.15, -0.1) is 0 Å². The van der Waals surface area contributed by atoms with E-state index in [1.165, 1.54) is 0 Å². The third-order valence-electron chi connectivity index (χ3n) is 3.10. The van der Waals surface area contributed by atoms with Crippen molar-refractivity contribution in [2.75, 3.05) is 7.05 Å². The summed E-state index contributed by atoms with van der Waals surface area (Å²) in [6.07, 6.45) is 4.14. The van der Waals surface area contributed by atoms with Gasteiger partial charge in [-0.3, -0.25) is 4.98 Å². The summed E-state index contributed by atoms with van der Waals surface area (Å²) >= 11 is 5.80. The Kier molecular flexibility index (Phi) is 4.51. The number of nitrogens with zero attached hydrogens (tertiary/aromatic N) is 1. The lowest BCUT2D eigenvalue weighted by molar-refractivity contribution is 0.553. The van der Waals surface area contributed by atoms with Crippen molar-refractivity contribution in [2.45, 2.75) is 19.4 Å². The molecule has 1 N–H and O–H groups in total. The third kappa shape index (κ3) is 3.31. The van der Waals surface area contributed by atoms with E-state index in [1.54, 1.807) is 30.6 Å². The van der Waals surface area contributed by atoms with Gasteiger partial charge in [-0.2, -0.15) is 0 Å². The molecule has 0 spiro atoms. The minimum absolute atomic E-state index is 0.0142. The lowest BCUT2D eigenvalue weighted by atomic mass is 9.99. The fraction of sp³-hybridized carbons (Fsp3) is 0.267. The molecule has 4 heteroatoms. The molecule has 0 saturated carbocycles. The van der Waals surface area contributed by atoms with Crippen LogP contribution in [0.3, 0.4) is 0 Å². The van der Waals surface area contributed by atoms with Gasteiger partial charge in [-0.25, -0.2) is 4.39 Å². The van der Waals surface area contributed by atoms with Gasteiger partial charge in [0, 0.05) is 18.4 Å². The van der Waals surface area contributed by atoms with Gasteiger partial charge in [0.25, 0.3) is 0 Å². The molecule has 0 aliphatic heterocycles. The molecule has 1 atom stereocenters. The van der Waals surface area contributed by atoms with Gasteiger partial charge in [-0.1, -0.05) is 29.8 Å². The topological polar surface area (TPSA) is 24.9 Å². The number of nitrogens with one attached hydrogen (secondary N) is 1. The van der Waals surface area contributed by atoms with Crippen molar-refractivity contribution in [1.29, 1.82) is 0 Å². The van der Waals surface area contributed by atoms with Crippen molar-refractivity contribution in [3.63, 3.8) is 0 Å². The Morgan fingerprint density at radius 3 is 2.84 bits per heavy atom. The van der Waals surface area contributed by atoms with E-state index < -0.39 is 0 Å². The van der Waals surface area contributed by atoms with Gasteiger partial charge in [-0.05, 0) is 43.1 Å². The van der Waals surface area contributed by atoms with Crippen LogP contribution < -0.4 is 5.32 Å². The van der Waals surface area contributed by atoms with E-state index in [2.05, 4.69) is 16.4 Å². The number of aromatic nitrogens is 1. The Hall–Kier alpha value is -1.45. The molecule has 1 aromatic heterocycles. The summed E-state index contributed by atoms with van der Waals surface area (Å²) in [7, 11) is 1.86. The van der Waals surface area contributed by atoms with Crippen molar-refractivity contribution in [3.05, 3.63) is 64.2 Å². The Morgan fingerprint density at radius 1 is 1.37 bits per heavy atom. The van der Waals surface area contributed by atoms with Crippen LogP contribution >= 0.6 is 11.6 Å². The highest BCUT2D eigenvalue weighted by atomic mass is 35.5. The second kappa shape index (κ2) is 6.13. The highest BCUT2D eigenvalue weighted by Crippen LogP contribution is 2.23. The number of hydrogen-bond acceptors (Lipinski definition) is 2. The number of rotatable bonds is 4. The minimum atomic E-state index is -0.343. The Bertz CT molecular complexity index is 572. The maximum atomic E-state index is 13.9. The molecule has 2 aromatic rings. The highest BCUT2D eigenvalue weighted by Gasteiger charge is 2.14. The molecular formula is C15H16ClFN2. The van der Waals surface area contributed by atoms with Gasteiger partial charge in [0.15, 0.2) is 0 Å². The van der Waals surface area contributed by atoms with Gasteiger partial charge in [0.2, 0.25) is 0 Å². The molecule has 1 unspecified atom stereocenters. The second-order valence-electron chi connectivity index (χ2n) is 4.55. The molecular weight excluding hydrogens is 263 g/mol. The summed E-state index contributed by atoms with van der Waals surface area (Å²) in [4.78, 5) is 4.17. The van der Waals surface area contributed by atoms with Gasteiger partial charge < -0.3 is 5.32 Å². The first-order valence-electron chi connectivity index (χ1n) is 6.13. The van der Waals surface area contributed by atoms with Crippen LogP contribution in [0.2, 0.25) is 5.02 Å². The Labute approximate surface area is 117 Å². The quantitative estimate of drug-likeness (QED) is 0.923. The average Bonchev–Trinajstić information content (AvgIpc) is 2.40. The van der Waals surface area contributed by atoms with Crippen molar-refractivity contribution < 1.29 is 4.39 Å². The van der Waals surface area contributed by atoms with Crippen LogP contribution in [0.25, 0.3) is 0 Å². The monoisotopic (exact) mass is 278 g/mol. The normalized spacial score (nSPS) is 12.4.